The van der Waals surface area contributed by atoms with Gasteiger partial charge in [0.2, 0.25) is 5.91 Å². The van der Waals surface area contributed by atoms with Gasteiger partial charge in [0.1, 0.15) is 0 Å². The second kappa shape index (κ2) is 18.5. The van der Waals surface area contributed by atoms with Gasteiger partial charge in [-0.25, -0.2) is 0 Å². The van der Waals surface area contributed by atoms with Gasteiger partial charge >= 0.3 is 0 Å². The van der Waals surface area contributed by atoms with E-state index in [0.29, 0.717) is 6.42 Å². The van der Waals surface area contributed by atoms with Crippen LogP contribution >= 0.6 is 0 Å². The number of carbonyl (C=O) groups is 1. The van der Waals surface area contributed by atoms with E-state index in [9.17, 15) is 13.2 Å². The Bertz CT molecular complexity index is 475. The summed E-state index contributed by atoms with van der Waals surface area (Å²) >= 11 is 0. The first-order chi connectivity index (χ1) is 13.0. The van der Waals surface area contributed by atoms with Crippen LogP contribution in [0.15, 0.2) is 12.2 Å². The molecule has 0 aromatic heterocycles. The fraction of sp³-hybridized carbons (Fsp3) is 0.857. The van der Waals surface area contributed by atoms with Gasteiger partial charge in [0.05, 0.1) is 5.75 Å². The molecule has 0 aliphatic carbocycles. The minimum Gasteiger partial charge on any atom is -0.355 e. The predicted molar refractivity (Wildman–Crippen MR) is 113 cm³/mol. The maximum Gasteiger partial charge on any atom is 0.266 e. The third-order valence-electron chi connectivity index (χ3n) is 4.60. The van der Waals surface area contributed by atoms with Crippen LogP contribution in [-0.4, -0.2) is 31.2 Å². The Morgan fingerprint density at radius 1 is 0.815 bits per heavy atom. The molecule has 2 N–H and O–H groups in total. The summed E-state index contributed by atoms with van der Waals surface area (Å²) in [5, 5.41) is 2.50. The highest BCUT2D eigenvalue weighted by molar-refractivity contribution is 7.85. The third kappa shape index (κ3) is 23.1. The van der Waals surface area contributed by atoms with Gasteiger partial charge in [0.25, 0.3) is 10.1 Å². The number of hydrogen-bond donors (Lipinski definition) is 2. The van der Waals surface area contributed by atoms with Gasteiger partial charge in [-0.3, -0.25) is 9.35 Å². The van der Waals surface area contributed by atoms with E-state index < -0.39 is 15.9 Å². The van der Waals surface area contributed by atoms with Crippen molar-refractivity contribution >= 4 is 16.0 Å². The van der Waals surface area contributed by atoms with Crippen molar-refractivity contribution in [1.29, 1.82) is 0 Å². The smallest absolute Gasteiger partial charge is 0.266 e. The lowest BCUT2D eigenvalue weighted by molar-refractivity contribution is -0.121. The van der Waals surface area contributed by atoms with Gasteiger partial charge in [-0.15, -0.1) is 0 Å². The Hall–Kier alpha value is -0.880. The molecule has 1 amide bonds. The summed E-state index contributed by atoms with van der Waals surface area (Å²) in [6.07, 6.45) is 22.3. The zero-order valence-electron chi connectivity index (χ0n) is 17.3. The molecule has 0 aromatic rings. The monoisotopic (exact) mass is 403 g/mol. The van der Waals surface area contributed by atoms with E-state index in [2.05, 4.69) is 24.4 Å². The Morgan fingerprint density at radius 2 is 1.30 bits per heavy atom. The van der Waals surface area contributed by atoms with Crippen molar-refractivity contribution in [2.24, 2.45) is 0 Å². The average molecular weight is 404 g/mol. The third-order valence-corrected chi connectivity index (χ3v) is 5.32. The molecule has 0 aliphatic rings. The molecular formula is C21H41NO4S. The molecule has 0 rings (SSSR count). The van der Waals surface area contributed by atoms with Crippen molar-refractivity contribution in [2.75, 3.05) is 12.3 Å². The fourth-order valence-electron chi connectivity index (χ4n) is 2.94. The molecule has 0 aromatic carbocycles. The molecule has 0 spiro atoms. The van der Waals surface area contributed by atoms with E-state index >= 15 is 0 Å². The largest absolute Gasteiger partial charge is 0.355 e. The molecule has 0 heterocycles. The average Bonchev–Trinajstić information content (AvgIpc) is 2.60. The standard InChI is InChI=1S/C21H41NO4S/c1-2-3-4-5-6-7-8-9-10-11-12-13-14-15-16-17-18-21(23)22-19-20-27(24,25)26/h10-11H,2-9,12-20H2,1H3,(H,22,23)(H,24,25,26). The van der Waals surface area contributed by atoms with Gasteiger partial charge in [-0.2, -0.15) is 8.42 Å². The minimum atomic E-state index is -3.99. The van der Waals surface area contributed by atoms with Crippen molar-refractivity contribution < 1.29 is 17.8 Å². The normalized spacial score (nSPS) is 11.9. The lowest BCUT2D eigenvalue weighted by Crippen LogP contribution is -2.28. The van der Waals surface area contributed by atoms with Gasteiger partial charge in [-0.1, -0.05) is 76.9 Å². The summed E-state index contributed by atoms with van der Waals surface area (Å²) in [4.78, 5) is 11.5. The highest BCUT2D eigenvalue weighted by Crippen LogP contribution is 2.10. The second-order valence-electron chi connectivity index (χ2n) is 7.32. The lowest BCUT2D eigenvalue weighted by Gasteiger charge is -2.04. The number of hydrogen-bond acceptors (Lipinski definition) is 3. The SMILES string of the molecule is CCCCCCCCCC=CCCCCCCCC(=O)NCCS(=O)(=O)O. The molecule has 0 saturated carbocycles. The Labute approximate surface area is 167 Å². The molecule has 0 unspecified atom stereocenters. The van der Waals surface area contributed by atoms with Crippen LogP contribution in [0, 0.1) is 0 Å². The molecule has 0 aliphatic heterocycles. The molecule has 0 fully saturated rings. The summed E-state index contributed by atoms with van der Waals surface area (Å²) in [7, 11) is -3.99. The van der Waals surface area contributed by atoms with E-state index in [0.717, 1.165) is 25.7 Å². The van der Waals surface area contributed by atoms with Crippen molar-refractivity contribution in [3.05, 3.63) is 12.2 Å². The zero-order valence-corrected chi connectivity index (χ0v) is 18.1. The molecule has 0 atom stereocenters. The Morgan fingerprint density at radius 3 is 1.81 bits per heavy atom. The van der Waals surface area contributed by atoms with E-state index in [4.69, 9.17) is 4.55 Å². The van der Waals surface area contributed by atoms with Crippen LogP contribution in [0.5, 0.6) is 0 Å². The quantitative estimate of drug-likeness (QED) is 0.171. The first-order valence-corrected chi connectivity index (χ1v) is 12.4. The van der Waals surface area contributed by atoms with Crippen molar-refractivity contribution in [3.63, 3.8) is 0 Å². The minimum absolute atomic E-state index is 0.0249. The summed E-state index contributed by atoms with van der Waals surface area (Å²) in [6.45, 7) is 2.23. The van der Waals surface area contributed by atoms with Crippen LogP contribution in [0.25, 0.3) is 0 Å². The van der Waals surface area contributed by atoms with Crippen LogP contribution in [0.2, 0.25) is 0 Å². The highest BCUT2D eigenvalue weighted by atomic mass is 32.2. The van der Waals surface area contributed by atoms with Crippen LogP contribution in [0.1, 0.15) is 103 Å². The second-order valence-corrected chi connectivity index (χ2v) is 8.90. The van der Waals surface area contributed by atoms with Gasteiger partial charge in [-0.05, 0) is 32.1 Å². The predicted octanol–water partition coefficient (Wildman–Crippen LogP) is 5.42. The van der Waals surface area contributed by atoms with E-state index in [1.165, 1.54) is 64.2 Å². The number of nitrogens with one attached hydrogen (secondary N) is 1. The topological polar surface area (TPSA) is 83.5 Å². The molecule has 0 radical (unpaired) electrons. The zero-order chi connectivity index (χ0) is 20.2. The lowest BCUT2D eigenvalue weighted by atomic mass is 10.1. The van der Waals surface area contributed by atoms with Crippen LogP contribution in [0.3, 0.4) is 0 Å². The van der Waals surface area contributed by atoms with Crippen LogP contribution < -0.4 is 5.32 Å². The van der Waals surface area contributed by atoms with Crippen molar-refractivity contribution in [2.45, 2.75) is 103 Å². The molecule has 27 heavy (non-hydrogen) atoms. The summed E-state index contributed by atoms with van der Waals surface area (Å²) in [6, 6.07) is 0. The molecular weight excluding hydrogens is 362 g/mol. The van der Waals surface area contributed by atoms with Crippen molar-refractivity contribution in [1.82, 2.24) is 5.32 Å². The summed E-state index contributed by atoms with van der Waals surface area (Å²) in [5.74, 6) is -0.572. The van der Waals surface area contributed by atoms with Gasteiger partial charge in [0.15, 0.2) is 0 Å². The summed E-state index contributed by atoms with van der Waals surface area (Å²) < 4.78 is 29.6. The van der Waals surface area contributed by atoms with Crippen molar-refractivity contribution in [3.8, 4) is 0 Å². The van der Waals surface area contributed by atoms with Gasteiger partial charge < -0.3 is 5.32 Å². The van der Waals surface area contributed by atoms with E-state index in [1.807, 2.05) is 0 Å². The maximum atomic E-state index is 11.5. The Kier molecular flexibility index (Phi) is 17.9. The van der Waals surface area contributed by atoms with Gasteiger partial charge in [0, 0.05) is 13.0 Å². The Balaban J connectivity index is 3.27. The van der Waals surface area contributed by atoms with Crippen LogP contribution in [-0.2, 0) is 14.9 Å². The van der Waals surface area contributed by atoms with E-state index in [-0.39, 0.29) is 12.5 Å². The molecule has 0 bridgehead atoms. The highest BCUT2D eigenvalue weighted by Gasteiger charge is 2.06. The maximum absolute atomic E-state index is 11.5. The van der Waals surface area contributed by atoms with E-state index in [1.54, 1.807) is 0 Å². The number of unbranched alkanes of at least 4 members (excludes halogenated alkanes) is 12. The fourth-order valence-corrected chi connectivity index (χ4v) is 3.30. The number of allylic oxidation sites excluding steroid dienone is 2. The number of rotatable bonds is 19. The molecule has 160 valence electrons. The molecule has 5 nitrogen and oxygen atoms in total. The number of carbonyl (C=O) groups excluding carboxylic acids is 1. The molecule has 0 saturated heterocycles. The first-order valence-electron chi connectivity index (χ1n) is 10.8. The number of amides is 1. The summed E-state index contributed by atoms with van der Waals surface area (Å²) in [5.41, 5.74) is 0. The molecule has 6 heteroatoms. The first kappa shape index (κ1) is 26.1. The van der Waals surface area contributed by atoms with Crippen LogP contribution in [0.4, 0.5) is 0 Å².